The SMILES string of the molecule is CC(C)NCC12CCC(C)(CC1)OC2. The van der Waals surface area contributed by atoms with Gasteiger partial charge in [-0.25, -0.2) is 0 Å². The third kappa shape index (κ3) is 1.96. The predicted octanol–water partition coefficient (Wildman–Crippen LogP) is 2.33. The summed E-state index contributed by atoms with van der Waals surface area (Å²) < 4.78 is 5.96. The molecule has 3 fully saturated rings. The molecule has 14 heavy (non-hydrogen) atoms. The highest BCUT2D eigenvalue weighted by atomic mass is 16.5. The smallest absolute Gasteiger partial charge is 0.0655 e. The average Bonchev–Trinajstić information content (AvgIpc) is 2.17. The van der Waals surface area contributed by atoms with E-state index in [1.54, 1.807) is 0 Å². The molecule has 2 bridgehead atoms. The van der Waals surface area contributed by atoms with E-state index in [9.17, 15) is 0 Å². The maximum absolute atomic E-state index is 5.96. The van der Waals surface area contributed by atoms with E-state index in [1.165, 1.54) is 25.7 Å². The molecule has 0 aromatic rings. The lowest BCUT2D eigenvalue weighted by atomic mass is 9.66. The molecule has 2 heterocycles. The number of hydrogen-bond acceptors (Lipinski definition) is 2. The van der Waals surface area contributed by atoms with Crippen LogP contribution in [0.4, 0.5) is 0 Å². The Morgan fingerprint density at radius 1 is 1.21 bits per heavy atom. The van der Waals surface area contributed by atoms with Crippen LogP contribution >= 0.6 is 0 Å². The molecule has 0 aromatic carbocycles. The Hall–Kier alpha value is -0.0800. The first kappa shape index (κ1) is 10.4. The zero-order chi connectivity index (χ0) is 10.2. The Labute approximate surface area is 87.4 Å². The fourth-order valence-corrected chi connectivity index (χ4v) is 2.57. The minimum Gasteiger partial charge on any atom is -0.375 e. The molecule has 0 spiro atoms. The molecule has 3 rings (SSSR count). The summed E-state index contributed by atoms with van der Waals surface area (Å²) in [6.45, 7) is 8.82. The molecule has 0 aromatic heterocycles. The molecule has 3 aliphatic rings. The summed E-state index contributed by atoms with van der Waals surface area (Å²) in [5, 5.41) is 3.56. The highest BCUT2D eigenvalue weighted by Crippen LogP contribution is 2.48. The monoisotopic (exact) mass is 197 g/mol. The van der Waals surface area contributed by atoms with E-state index in [1.807, 2.05) is 0 Å². The van der Waals surface area contributed by atoms with Crippen LogP contribution in [0.25, 0.3) is 0 Å². The predicted molar refractivity (Wildman–Crippen MR) is 58.4 cm³/mol. The van der Waals surface area contributed by atoms with Crippen molar-refractivity contribution >= 4 is 0 Å². The van der Waals surface area contributed by atoms with Crippen LogP contribution in [0.2, 0.25) is 0 Å². The van der Waals surface area contributed by atoms with Crippen molar-refractivity contribution < 1.29 is 4.74 Å². The molecular weight excluding hydrogens is 174 g/mol. The van der Waals surface area contributed by atoms with Gasteiger partial charge in [-0.15, -0.1) is 0 Å². The van der Waals surface area contributed by atoms with Crippen LogP contribution in [0.1, 0.15) is 46.5 Å². The van der Waals surface area contributed by atoms with Crippen molar-refractivity contribution in [2.24, 2.45) is 5.41 Å². The molecule has 0 unspecified atom stereocenters. The van der Waals surface area contributed by atoms with Crippen LogP contribution in [0.3, 0.4) is 0 Å². The highest BCUT2D eigenvalue weighted by molar-refractivity contribution is 4.98. The molecule has 2 heteroatoms. The van der Waals surface area contributed by atoms with Gasteiger partial charge in [0.1, 0.15) is 0 Å². The second-order valence-electron chi connectivity index (χ2n) is 5.77. The van der Waals surface area contributed by atoms with Gasteiger partial charge in [0.2, 0.25) is 0 Å². The zero-order valence-electron chi connectivity index (χ0n) is 9.73. The summed E-state index contributed by atoms with van der Waals surface area (Å²) in [5.74, 6) is 0. The van der Waals surface area contributed by atoms with E-state index in [2.05, 4.69) is 26.1 Å². The second kappa shape index (κ2) is 3.49. The quantitative estimate of drug-likeness (QED) is 0.750. The fourth-order valence-electron chi connectivity index (χ4n) is 2.57. The average molecular weight is 197 g/mol. The molecular formula is C12H23NO. The van der Waals surface area contributed by atoms with E-state index >= 15 is 0 Å². The third-order valence-corrected chi connectivity index (χ3v) is 3.98. The van der Waals surface area contributed by atoms with Crippen molar-refractivity contribution in [3.63, 3.8) is 0 Å². The van der Waals surface area contributed by atoms with E-state index in [0.29, 0.717) is 11.5 Å². The maximum Gasteiger partial charge on any atom is 0.0655 e. The van der Waals surface area contributed by atoms with Crippen molar-refractivity contribution in [2.45, 2.75) is 58.1 Å². The van der Waals surface area contributed by atoms with Crippen LogP contribution in [0.5, 0.6) is 0 Å². The zero-order valence-corrected chi connectivity index (χ0v) is 9.73. The maximum atomic E-state index is 5.96. The van der Waals surface area contributed by atoms with Crippen molar-refractivity contribution in [3.8, 4) is 0 Å². The number of ether oxygens (including phenoxy) is 1. The lowest BCUT2D eigenvalue weighted by Crippen LogP contribution is -2.53. The molecule has 1 aliphatic carbocycles. The Kier molecular flexibility index (Phi) is 2.61. The van der Waals surface area contributed by atoms with Gasteiger partial charge in [-0.3, -0.25) is 0 Å². The van der Waals surface area contributed by atoms with Crippen LogP contribution < -0.4 is 5.32 Å². The van der Waals surface area contributed by atoms with Gasteiger partial charge in [-0.1, -0.05) is 13.8 Å². The summed E-state index contributed by atoms with van der Waals surface area (Å²) in [6, 6.07) is 0.597. The van der Waals surface area contributed by atoms with Gasteiger partial charge in [0, 0.05) is 18.0 Å². The molecule has 2 aliphatic heterocycles. The van der Waals surface area contributed by atoms with Crippen LogP contribution in [0.15, 0.2) is 0 Å². The Balaban J connectivity index is 1.92. The largest absolute Gasteiger partial charge is 0.375 e. The Bertz CT molecular complexity index is 188. The van der Waals surface area contributed by atoms with Gasteiger partial charge in [0.25, 0.3) is 0 Å². The van der Waals surface area contributed by atoms with Crippen LogP contribution in [-0.2, 0) is 4.74 Å². The Morgan fingerprint density at radius 3 is 2.29 bits per heavy atom. The van der Waals surface area contributed by atoms with Gasteiger partial charge in [0.15, 0.2) is 0 Å². The molecule has 0 atom stereocenters. The van der Waals surface area contributed by atoms with Crippen molar-refractivity contribution in [1.82, 2.24) is 5.32 Å². The van der Waals surface area contributed by atoms with Crippen molar-refractivity contribution in [2.75, 3.05) is 13.2 Å². The first-order valence-corrected chi connectivity index (χ1v) is 5.91. The molecule has 82 valence electrons. The normalized spacial score (nSPS) is 42.0. The minimum atomic E-state index is 0.222. The lowest BCUT2D eigenvalue weighted by Gasteiger charge is -2.52. The van der Waals surface area contributed by atoms with Gasteiger partial charge in [-0.05, 0) is 32.6 Å². The molecule has 0 radical (unpaired) electrons. The second-order valence-corrected chi connectivity index (χ2v) is 5.77. The number of nitrogens with one attached hydrogen (secondary N) is 1. The van der Waals surface area contributed by atoms with E-state index in [-0.39, 0.29) is 5.60 Å². The number of hydrogen-bond donors (Lipinski definition) is 1. The van der Waals surface area contributed by atoms with Gasteiger partial charge >= 0.3 is 0 Å². The first-order chi connectivity index (χ1) is 6.54. The minimum absolute atomic E-state index is 0.222. The van der Waals surface area contributed by atoms with E-state index < -0.39 is 0 Å². The first-order valence-electron chi connectivity index (χ1n) is 5.91. The Morgan fingerprint density at radius 2 is 1.86 bits per heavy atom. The summed E-state index contributed by atoms with van der Waals surface area (Å²) in [7, 11) is 0. The van der Waals surface area contributed by atoms with Crippen molar-refractivity contribution in [1.29, 1.82) is 0 Å². The van der Waals surface area contributed by atoms with Gasteiger partial charge in [-0.2, -0.15) is 0 Å². The summed E-state index contributed by atoms with van der Waals surface area (Å²) >= 11 is 0. The number of fused-ring (bicyclic) bond motifs is 3. The molecule has 0 amide bonds. The fraction of sp³-hybridized carbons (Fsp3) is 1.00. The van der Waals surface area contributed by atoms with Gasteiger partial charge < -0.3 is 10.1 Å². The van der Waals surface area contributed by atoms with E-state index in [0.717, 1.165) is 13.2 Å². The molecule has 1 N–H and O–H groups in total. The molecule has 1 saturated carbocycles. The van der Waals surface area contributed by atoms with Crippen molar-refractivity contribution in [3.05, 3.63) is 0 Å². The standard InChI is InChI=1S/C12H23NO/c1-10(2)13-8-12-6-4-11(3,5-7-12)14-9-12/h10,13H,4-9H2,1-3H3. The van der Waals surface area contributed by atoms with Crippen LogP contribution in [0, 0.1) is 5.41 Å². The summed E-state index contributed by atoms with van der Waals surface area (Å²) in [4.78, 5) is 0. The summed E-state index contributed by atoms with van der Waals surface area (Å²) in [5.41, 5.74) is 0.682. The molecule has 2 nitrogen and oxygen atoms in total. The summed E-state index contributed by atoms with van der Waals surface area (Å²) in [6.07, 6.45) is 5.21. The topological polar surface area (TPSA) is 21.3 Å². The highest BCUT2D eigenvalue weighted by Gasteiger charge is 2.46. The van der Waals surface area contributed by atoms with Crippen LogP contribution in [-0.4, -0.2) is 24.8 Å². The van der Waals surface area contributed by atoms with Gasteiger partial charge in [0.05, 0.1) is 12.2 Å². The van der Waals surface area contributed by atoms with E-state index in [4.69, 9.17) is 4.74 Å². The number of rotatable bonds is 3. The third-order valence-electron chi connectivity index (χ3n) is 3.98. The lowest BCUT2D eigenvalue weighted by molar-refractivity contribution is -0.172. The molecule has 2 saturated heterocycles.